The van der Waals surface area contributed by atoms with Crippen molar-refractivity contribution in [2.75, 3.05) is 13.1 Å². The Morgan fingerprint density at radius 3 is 2.46 bits per heavy atom. The summed E-state index contributed by atoms with van der Waals surface area (Å²) in [6.45, 7) is 5.42. The maximum atomic E-state index is 13.0. The van der Waals surface area contributed by atoms with Crippen molar-refractivity contribution in [1.82, 2.24) is 20.0 Å². The van der Waals surface area contributed by atoms with Gasteiger partial charge in [0.2, 0.25) is 11.8 Å². The lowest BCUT2D eigenvalue weighted by molar-refractivity contribution is -0.138. The molecule has 1 atom stereocenters. The Labute approximate surface area is 170 Å². The van der Waals surface area contributed by atoms with E-state index in [1.54, 1.807) is 23.1 Å². The van der Waals surface area contributed by atoms with Gasteiger partial charge in [0.15, 0.2) is 0 Å². The van der Waals surface area contributed by atoms with Gasteiger partial charge in [0, 0.05) is 30.5 Å². The van der Waals surface area contributed by atoms with Gasteiger partial charge in [0.25, 0.3) is 0 Å². The number of benzene rings is 1. The molecule has 0 spiro atoms. The monoisotopic (exact) mass is 402 g/mol. The first-order valence-electron chi connectivity index (χ1n) is 9.75. The first kappa shape index (κ1) is 20.4. The van der Waals surface area contributed by atoms with Crippen LogP contribution in [0.25, 0.3) is 0 Å². The van der Waals surface area contributed by atoms with Gasteiger partial charge in [-0.25, -0.2) is 0 Å². The van der Waals surface area contributed by atoms with Crippen LogP contribution in [0.3, 0.4) is 0 Å². The van der Waals surface area contributed by atoms with Gasteiger partial charge in [-0.15, -0.1) is 0 Å². The van der Waals surface area contributed by atoms with Crippen LogP contribution in [-0.4, -0.2) is 45.6 Å². The van der Waals surface area contributed by atoms with Gasteiger partial charge in [0.05, 0.1) is 0 Å². The number of piperidine rings is 1. The van der Waals surface area contributed by atoms with E-state index >= 15 is 0 Å². The molecule has 1 aromatic carbocycles. The van der Waals surface area contributed by atoms with Crippen LogP contribution < -0.4 is 5.32 Å². The van der Waals surface area contributed by atoms with Crippen molar-refractivity contribution in [1.29, 1.82) is 0 Å². The minimum Gasteiger partial charge on any atom is -0.342 e. The molecule has 2 amide bonds. The summed E-state index contributed by atoms with van der Waals surface area (Å²) in [6.07, 6.45) is 5.19. The Morgan fingerprint density at radius 2 is 1.89 bits per heavy atom. The van der Waals surface area contributed by atoms with Crippen molar-refractivity contribution in [3.05, 3.63) is 53.3 Å². The van der Waals surface area contributed by atoms with E-state index < -0.39 is 6.04 Å². The van der Waals surface area contributed by atoms with Crippen LogP contribution in [0, 0.1) is 5.92 Å². The highest BCUT2D eigenvalue weighted by Gasteiger charge is 2.31. The predicted molar refractivity (Wildman–Crippen MR) is 109 cm³/mol. The fourth-order valence-electron chi connectivity index (χ4n) is 3.64. The van der Waals surface area contributed by atoms with E-state index in [9.17, 15) is 9.59 Å². The van der Waals surface area contributed by atoms with E-state index in [0.717, 1.165) is 17.9 Å². The fourth-order valence-corrected chi connectivity index (χ4v) is 3.76. The van der Waals surface area contributed by atoms with Crippen molar-refractivity contribution >= 4 is 23.4 Å². The van der Waals surface area contributed by atoms with Gasteiger partial charge in [0.1, 0.15) is 12.6 Å². The Hall–Kier alpha value is -2.34. The molecule has 1 aliphatic heterocycles. The van der Waals surface area contributed by atoms with Crippen LogP contribution in [0.2, 0.25) is 5.02 Å². The Bertz CT molecular complexity index is 781. The lowest BCUT2D eigenvalue weighted by Gasteiger charge is -2.35. The van der Waals surface area contributed by atoms with Crippen molar-refractivity contribution in [2.24, 2.45) is 5.92 Å². The third-order valence-electron chi connectivity index (χ3n) is 5.26. The molecule has 28 heavy (non-hydrogen) atoms. The standard InChI is InChI=1S/C21H27ClN4O2/c1-15(2)20(24-19(27)14-26-11-3-10-23-26)21(28)25-12-8-17(9-13-25)16-4-6-18(22)7-5-16/h3-7,10-11,15,17,20H,8-9,12-14H2,1-2H3,(H,24,27). The van der Waals surface area contributed by atoms with Crippen molar-refractivity contribution < 1.29 is 9.59 Å². The van der Waals surface area contributed by atoms with E-state index in [2.05, 4.69) is 22.5 Å². The first-order valence-corrected chi connectivity index (χ1v) is 10.1. The quantitative estimate of drug-likeness (QED) is 0.807. The summed E-state index contributed by atoms with van der Waals surface area (Å²) in [5.74, 6) is 0.251. The number of likely N-dealkylation sites (tertiary alicyclic amines) is 1. The zero-order valence-corrected chi connectivity index (χ0v) is 17.1. The van der Waals surface area contributed by atoms with Crippen LogP contribution in [0.4, 0.5) is 0 Å². The minimum atomic E-state index is -0.518. The number of aromatic nitrogens is 2. The molecule has 1 saturated heterocycles. The van der Waals surface area contributed by atoms with Crippen molar-refractivity contribution in [3.63, 3.8) is 0 Å². The normalized spacial score (nSPS) is 16.2. The smallest absolute Gasteiger partial charge is 0.245 e. The maximum absolute atomic E-state index is 13.0. The zero-order valence-electron chi connectivity index (χ0n) is 16.3. The van der Waals surface area contributed by atoms with Crippen LogP contribution in [0.1, 0.15) is 38.2 Å². The molecule has 2 heterocycles. The number of halogens is 1. The fraction of sp³-hybridized carbons (Fsp3) is 0.476. The number of carbonyl (C=O) groups is 2. The topological polar surface area (TPSA) is 67.2 Å². The molecule has 150 valence electrons. The molecule has 3 rings (SSSR count). The second-order valence-corrected chi connectivity index (χ2v) is 8.08. The van der Waals surface area contributed by atoms with Gasteiger partial charge in [-0.1, -0.05) is 37.6 Å². The van der Waals surface area contributed by atoms with Crippen LogP contribution in [0.5, 0.6) is 0 Å². The number of rotatable bonds is 6. The van der Waals surface area contributed by atoms with Gasteiger partial charge < -0.3 is 10.2 Å². The van der Waals surface area contributed by atoms with Crippen LogP contribution in [-0.2, 0) is 16.1 Å². The van der Waals surface area contributed by atoms with E-state index in [4.69, 9.17) is 11.6 Å². The molecule has 0 bridgehead atoms. The summed E-state index contributed by atoms with van der Waals surface area (Å²) in [5.41, 5.74) is 1.27. The first-order chi connectivity index (χ1) is 13.4. The molecule has 1 N–H and O–H groups in total. The summed E-state index contributed by atoms with van der Waals surface area (Å²) >= 11 is 5.97. The predicted octanol–water partition coefficient (Wildman–Crippen LogP) is 3.08. The molecule has 6 nitrogen and oxygen atoms in total. The molecule has 7 heteroatoms. The van der Waals surface area contributed by atoms with E-state index in [-0.39, 0.29) is 24.3 Å². The van der Waals surface area contributed by atoms with Gasteiger partial charge in [-0.3, -0.25) is 14.3 Å². The molecule has 0 saturated carbocycles. The largest absolute Gasteiger partial charge is 0.342 e. The second-order valence-electron chi connectivity index (χ2n) is 7.64. The van der Waals surface area contributed by atoms with E-state index in [0.29, 0.717) is 19.0 Å². The van der Waals surface area contributed by atoms with Crippen LogP contribution >= 0.6 is 11.6 Å². The van der Waals surface area contributed by atoms with E-state index in [1.807, 2.05) is 30.9 Å². The summed E-state index contributed by atoms with van der Waals surface area (Å²) in [7, 11) is 0. The maximum Gasteiger partial charge on any atom is 0.245 e. The molecule has 1 unspecified atom stereocenters. The molecule has 0 aliphatic carbocycles. The Morgan fingerprint density at radius 1 is 1.21 bits per heavy atom. The highest BCUT2D eigenvalue weighted by atomic mass is 35.5. The van der Waals surface area contributed by atoms with Crippen molar-refractivity contribution in [2.45, 2.75) is 45.2 Å². The molecule has 2 aromatic rings. The highest BCUT2D eigenvalue weighted by Crippen LogP contribution is 2.29. The number of nitrogens with one attached hydrogen (secondary N) is 1. The summed E-state index contributed by atoms with van der Waals surface area (Å²) < 4.78 is 1.55. The number of amides is 2. The zero-order chi connectivity index (χ0) is 20.1. The molecular formula is C21H27ClN4O2. The summed E-state index contributed by atoms with van der Waals surface area (Å²) in [5, 5.41) is 7.67. The van der Waals surface area contributed by atoms with Gasteiger partial charge in [-0.2, -0.15) is 5.10 Å². The molecule has 1 aliphatic rings. The average Bonchev–Trinajstić information content (AvgIpc) is 3.19. The summed E-state index contributed by atoms with van der Waals surface area (Å²) in [6, 6.07) is 9.21. The lowest BCUT2D eigenvalue weighted by atomic mass is 9.89. The highest BCUT2D eigenvalue weighted by molar-refractivity contribution is 6.30. The molecular weight excluding hydrogens is 376 g/mol. The number of carbonyl (C=O) groups excluding carboxylic acids is 2. The second kappa shape index (κ2) is 9.24. The molecule has 1 aromatic heterocycles. The van der Waals surface area contributed by atoms with Crippen LogP contribution in [0.15, 0.2) is 42.7 Å². The number of hydrogen-bond acceptors (Lipinski definition) is 3. The number of hydrogen-bond donors (Lipinski definition) is 1. The average molecular weight is 403 g/mol. The Kier molecular flexibility index (Phi) is 6.73. The third-order valence-corrected chi connectivity index (χ3v) is 5.51. The van der Waals surface area contributed by atoms with Gasteiger partial charge in [-0.05, 0) is 48.4 Å². The van der Waals surface area contributed by atoms with Crippen molar-refractivity contribution in [3.8, 4) is 0 Å². The van der Waals surface area contributed by atoms with E-state index in [1.165, 1.54) is 5.56 Å². The Balaban J connectivity index is 1.56. The molecule has 0 radical (unpaired) electrons. The summed E-state index contributed by atoms with van der Waals surface area (Å²) in [4.78, 5) is 27.2. The third kappa shape index (κ3) is 5.13. The number of nitrogens with zero attached hydrogens (tertiary/aromatic N) is 3. The SMILES string of the molecule is CC(C)C(NC(=O)Cn1cccn1)C(=O)N1CCC(c2ccc(Cl)cc2)CC1. The molecule has 1 fully saturated rings. The van der Waals surface area contributed by atoms with Gasteiger partial charge >= 0.3 is 0 Å². The lowest BCUT2D eigenvalue weighted by Crippen LogP contribution is -2.53. The minimum absolute atomic E-state index is 0.00151.